The molecule has 6 heteroatoms. The van der Waals surface area contributed by atoms with Crippen LogP contribution in [-0.4, -0.2) is 53.9 Å². The Labute approximate surface area is 144 Å². The molecule has 1 saturated carbocycles. The van der Waals surface area contributed by atoms with Gasteiger partial charge in [0.1, 0.15) is 0 Å². The summed E-state index contributed by atoms with van der Waals surface area (Å²) in [5.74, 6) is 0.387. The first kappa shape index (κ1) is 17.4. The number of hydrogen-bond acceptors (Lipinski definition) is 4. The third-order valence-corrected chi connectivity index (χ3v) is 5.80. The zero-order valence-corrected chi connectivity index (χ0v) is 15.2. The molecule has 1 aromatic heterocycles. The molecule has 1 aliphatic heterocycles. The van der Waals surface area contributed by atoms with Crippen molar-refractivity contribution in [1.29, 1.82) is 0 Å². The number of aromatic nitrogens is 2. The van der Waals surface area contributed by atoms with Gasteiger partial charge in [-0.15, -0.1) is 0 Å². The molecule has 1 N–H and O–H groups in total. The molecule has 2 aliphatic rings. The van der Waals surface area contributed by atoms with Crippen LogP contribution in [0.3, 0.4) is 0 Å². The number of nitrogens with zero attached hydrogens (tertiary/aromatic N) is 3. The molecule has 1 aromatic rings. The van der Waals surface area contributed by atoms with Crippen LogP contribution in [0.15, 0.2) is 6.20 Å². The highest BCUT2D eigenvalue weighted by Gasteiger charge is 2.50. The maximum atomic E-state index is 12.6. The van der Waals surface area contributed by atoms with Gasteiger partial charge < -0.3 is 10.1 Å². The first-order chi connectivity index (χ1) is 11.5. The van der Waals surface area contributed by atoms with E-state index in [1.54, 1.807) is 7.11 Å². The van der Waals surface area contributed by atoms with Gasteiger partial charge in [-0.2, -0.15) is 5.10 Å². The van der Waals surface area contributed by atoms with Crippen LogP contribution in [0.4, 0.5) is 0 Å². The molecule has 3 rings (SSSR count). The molecule has 1 saturated heterocycles. The number of nitrogens with one attached hydrogen (secondary N) is 1. The minimum Gasteiger partial charge on any atom is -0.383 e. The summed E-state index contributed by atoms with van der Waals surface area (Å²) in [6.45, 7) is 6.32. The van der Waals surface area contributed by atoms with Crippen LogP contribution >= 0.6 is 0 Å². The minimum absolute atomic E-state index is 0.161. The second-order valence-electron chi connectivity index (χ2n) is 7.47. The lowest BCUT2D eigenvalue weighted by molar-refractivity contribution is -0.128. The van der Waals surface area contributed by atoms with Crippen molar-refractivity contribution in [3.8, 4) is 0 Å². The van der Waals surface area contributed by atoms with Gasteiger partial charge >= 0.3 is 0 Å². The fourth-order valence-corrected chi connectivity index (χ4v) is 4.60. The smallest absolute Gasteiger partial charge is 0.223 e. The summed E-state index contributed by atoms with van der Waals surface area (Å²) in [6, 6.07) is 0. The van der Waals surface area contributed by atoms with Crippen LogP contribution in [0.1, 0.15) is 36.9 Å². The van der Waals surface area contributed by atoms with Gasteiger partial charge in [0.05, 0.1) is 12.3 Å². The third kappa shape index (κ3) is 3.49. The number of methoxy groups -OCH3 is 1. The summed E-state index contributed by atoms with van der Waals surface area (Å²) < 4.78 is 6.92. The Bertz CT molecular complexity index is 586. The van der Waals surface area contributed by atoms with E-state index in [1.165, 1.54) is 18.4 Å². The summed E-state index contributed by atoms with van der Waals surface area (Å²) in [4.78, 5) is 15.1. The fraction of sp³-hybridized carbons (Fsp3) is 0.778. The number of carbonyl (C=O) groups excluding carboxylic acids is 1. The molecule has 1 spiro atoms. The lowest BCUT2D eigenvalue weighted by Gasteiger charge is -2.30. The Hall–Kier alpha value is -1.40. The van der Waals surface area contributed by atoms with E-state index in [4.69, 9.17) is 4.74 Å². The monoisotopic (exact) mass is 334 g/mol. The number of carbonyl (C=O) groups is 1. The average Bonchev–Trinajstić information content (AvgIpc) is 3.22. The molecule has 1 aliphatic carbocycles. The molecule has 0 bridgehead atoms. The maximum absolute atomic E-state index is 12.6. The molecule has 0 aromatic carbocycles. The van der Waals surface area contributed by atoms with Gasteiger partial charge in [-0.1, -0.05) is 6.42 Å². The van der Waals surface area contributed by atoms with Gasteiger partial charge in [0.2, 0.25) is 5.91 Å². The van der Waals surface area contributed by atoms with E-state index < -0.39 is 0 Å². The fourth-order valence-electron chi connectivity index (χ4n) is 4.60. The van der Waals surface area contributed by atoms with Crippen LogP contribution in [0.5, 0.6) is 0 Å². The molecule has 2 heterocycles. The van der Waals surface area contributed by atoms with E-state index in [1.807, 2.05) is 11.7 Å². The minimum atomic E-state index is 0.161. The van der Waals surface area contributed by atoms with E-state index in [2.05, 4.69) is 28.4 Å². The average molecular weight is 334 g/mol. The molecular formula is C18H30N4O2. The largest absolute Gasteiger partial charge is 0.383 e. The van der Waals surface area contributed by atoms with Gasteiger partial charge in [-0.3, -0.25) is 14.4 Å². The van der Waals surface area contributed by atoms with Crippen molar-refractivity contribution >= 4 is 5.91 Å². The van der Waals surface area contributed by atoms with Crippen molar-refractivity contribution in [2.45, 2.75) is 39.2 Å². The van der Waals surface area contributed by atoms with Gasteiger partial charge in [0.25, 0.3) is 0 Å². The number of rotatable bonds is 6. The Morgan fingerprint density at radius 3 is 3.04 bits per heavy atom. The SMILES string of the molecule is COCCNC(=O)[C@@H]1CCC[C@@]12CCN(Cc1cn(C)nc1C)C2. The highest BCUT2D eigenvalue weighted by Crippen LogP contribution is 2.50. The first-order valence-electron chi connectivity index (χ1n) is 9.02. The Morgan fingerprint density at radius 2 is 2.33 bits per heavy atom. The number of aryl methyl sites for hydroxylation is 2. The highest BCUT2D eigenvalue weighted by molar-refractivity contribution is 5.80. The number of ether oxygens (including phenoxy) is 1. The summed E-state index contributed by atoms with van der Waals surface area (Å²) >= 11 is 0. The zero-order chi connectivity index (χ0) is 17.2. The van der Waals surface area contributed by atoms with Crippen molar-refractivity contribution in [3.05, 3.63) is 17.5 Å². The topological polar surface area (TPSA) is 59.4 Å². The normalized spacial score (nSPS) is 27.2. The summed E-state index contributed by atoms with van der Waals surface area (Å²) in [5.41, 5.74) is 2.58. The van der Waals surface area contributed by atoms with Gasteiger partial charge in [0.15, 0.2) is 0 Å². The van der Waals surface area contributed by atoms with Gasteiger partial charge in [-0.25, -0.2) is 0 Å². The van der Waals surface area contributed by atoms with Gasteiger partial charge in [-0.05, 0) is 38.1 Å². The van der Waals surface area contributed by atoms with Crippen LogP contribution in [0, 0.1) is 18.3 Å². The molecular weight excluding hydrogens is 304 g/mol. The predicted octanol–water partition coefficient (Wildman–Crippen LogP) is 1.48. The lowest BCUT2D eigenvalue weighted by Crippen LogP contribution is -2.41. The second-order valence-corrected chi connectivity index (χ2v) is 7.47. The van der Waals surface area contributed by atoms with Crippen molar-refractivity contribution in [2.24, 2.45) is 18.4 Å². The Morgan fingerprint density at radius 1 is 1.50 bits per heavy atom. The van der Waals surface area contributed by atoms with E-state index in [0.717, 1.165) is 38.2 Å². The van der Waals surface area contributed by atoms with Crippen LogP contribution < -0.4 is 5.32 Å². The number of hydrogen-bond donors (Lipinski definition) is 1. The summed E-state index contributed by atoms with van der Waals surface area (Å²) in [7, 11) is 3.64. The molecule has 6 nitrogen and oxygen atoms in total. The van der Waals surface area contributed by atoms with Gasteiger partial charge in [0, 0.05) is 51.5 Å². The number of likely N-dealkylation sites (tertiary alicyclic amines) is 1. The molecule has 1 amide bonds. The van der Waals surface area contributed by atoms with E-state index in [9.17, 15) is 4.79 Å². The highest BCUT2D eigenvalue weighted by atomic mass is 16.5. The quantitative estimate of drug-likeness (QED) is 0.801. The molecule has 134 valence electrons. The number of amides is 1. The van der Waals surface area contributed by atoms with Crippen LogP contribution in [0.25, 0.3) is 0 Å². The van der Waals surface area contributed by atoms with E-state index in [0.29, 0.717) is 13.2 Å². The third-order valence-electron chi connectivity index (χ3n) is 5.80. The molecule has 24 heavy (non-hydrogen) atoms. The second kappa shape index (κ2) is 7.23. The van der Waals surface area contributed by atoms with Crippen LogP contribution in [-0.2, 0) is 23.1 Å². The molecule has 0 radical (unpaired) electrons. The van der Waals surface area contributed by atoms with Crippen molar-refractivity contribution in [2.75, 3.05) is 33.4 Å². The maximum Gasteiger partial charge on any atom is 0.223 e. The van der Waals surface area contributed by atoms with Crippen LogP contribution in [0.2, 0.25) is 0 Å². The van der Waals surface area contributed by atoms with E-state index in [-0.39, 0.29) is 17.2 Å². The first-order valence-corrected chi connectivity index (χ1v) is 9.02. The molecule has 2 fully saturated rings. The van der Waals surface area contributed by atoms with Crippen molar-refractivity contribution < 1.29 is 9.53 Å². The zero-order valence-electron chi connectivity index (χ0n) is 15.2. The Balaban J connectivity index is 1.61. The van der Waals surface area contributed by atoms with E-state index >= 15 is 0 Å². The Kier molecular flexibility index (Phi) is 5.25. The molecule has 0 unspecified atom stereocenters. The predicted molar refractivity (Wildman–Crippen MR) is 92.5 cm³/mol. The summed E-state index contributed by atoms with van der Waals surface area (Å²) in [5, 5.41) is 7.50. The van der Waals surface area contributed by atoms with Crippen molar-refractivity contribution in [1.82, 2.24) is 20.0 Å². The molecule has 2 atom stereocenters. The standard InChI is InChI=1S/C18H30N4O2/c1-14-15(11-21(2)20-14)12-22-9-7-18(13-22)6-4-5-16(18)17(23)19-8-10-24-3/h11,16H,4-10,12-13H2,1-3H3,(H,19,23)/t16-,18-/m0/s1. The van der Waals surface area contributed by atoms with Crippen molar-refractivity contribution in [3.63, 3.8) is 0 Å². The summed E-state index contributed by atoms with van der Waals surface area (Å²) in [6.07, 6.45) is 6.62. The lowest BCUT2D eigenvalue weighted by atomic mass is 9.76.